The molecule has 6 nitrogen and oxygen atoms in total. The fraction of sp³-hybridized carbons (Fsp3) is 0.190. The molecule has 0 fully saturated rings. The third kappa shape index (κ3) is 5.82. The van der Waals surface area contributed by atoms with E-state index >= 15 is 0 Å². The smallest absolute Gasteiger partial charge is 0.256 e. The first-order valence-corrected chi connectivity index (χ1v) is 10.8. The molecule has 29 heavy (non-hydrogen) atoms. The number of ether oxygens (including phenoxy) is 1. The maximum Gasteiger partial charge on any atom is 0.256 e. The van der Waals surface area contributed by atoms with Crippen molar-refractivity contribution in [3.05, 3.63) is 60.2 Å². The molecule has 0 atom stereocenters. The first kappa shape index (κ1) is 20.9. The highest BCUT2D eigenvalue weighted by molar-refractivity contribution is 8.01. The Hall–Kier alpha value is -2.84. The van der Waals surface area contributed by atoms with Gasteiger partial charge in [0, 0.05) is 11.1 Å². The average Bonchev–Trinajstić information content (AvgIpc) is 3.10. The Kier molecular flexibility index (Phi) is 6.90. The van der Waals surface area contributed by atoms with E-state index in [1.807, 2.05) is 44.2 Å². The molecule has 0 aliphatic heterocycles. The Labute approximate surface area is 177 Å². The van der Waals surface area contributed by atoms with Gasteiger partial charge >= 0.3 is 0 Å². The van der Waals surface area contributed by atoms with Gasteiger partial charge in [-0.05, 0) is 38.1 Å². The second-order valence-electron chi connectivity index (χ2n) is 6.42. The standard InChI is InChI=1S/C21H21N3O3S2/c1-13(2)27-16-10-8-15(9-11-16)19(26)24-20-18(14-6-4-3-5-7-14)23-21(29-20)28-12-17(22)25/h3-11,13H,12H2,1-2H3,(H2,22,25)(H,24,26). The van der Waals surface area contributed by atoms with Gasteiger partial charge in [0.25, 0.3) is 5.91 Å². The summed E-state index contributed by atoms with van der Waals surface area (Å²) in [5.74, 6) is 0.186. The van der Waals surface area contributed by atoms with Crippen molar-refractivity contribution in [1.82, 2.24) is 4.98 Å². The van der Waals surface area contributed by atoms with E-state index in [4.69, 9.17) is 10.5 Å². The largest absolute Gasteiger partial charge is 0.491 e. The highest BCUT2D eigenvalue weighted by atomic mass is 32.2. The number of nitrogens with one attached hydrogen (secondary N) is 1. The number of carbonyl (C=O) groups excluding carboxylic acids is 2. The minimum atomic E-state index is -0.416. The summed E-state index contributed by atoms with van der Waals surface area (Å²) in [6.45, 7) is 3.90. The molecule has 0 saturated heterocycles. The number of primary amides is 1. The van der Waals surface area contributed by atoms with Crippen molar-refractivity contribution in [2.75, 3.05) is 11.1 Å². The van der Waals surface area contributed by atoms with Crippen molar-refractivity contribution >= 4 is 39.9 Å². The molecule has 3 aromatic rings. The molecule has 0 radical (unpaired) electrons. The van der Waals surface area contributed by atoms with Crippen molar-refractivity contribution < 1.29 is 14.3 Å². The maximum absolute atomic E-state index is 12.8. The summed E-state index contributed by atoms with van der Waals surface area (Å²) in [5.41, 5.74) is 7.29. The summed E-state index contributed by atoms with van der Waals surface area (Å²) in [5, 5.41) is 3.56. The number of thiazole rings is 1. The van der Waals surface area contributed by atoms with E-state index in [0.717, 1.165) is 5.56 Å². The van der Waals surface area contributed by atoms with Crippen LogP contribution in [0.1, 0.15) is 24.2 Å². The van der Waals surface area contributed by atoms with Gasteiger partial charge in [0.05, 0.1) is 11.9 Å². The maximum atomic E-state index is 12.8. The molecule has 0 aliphatic rings. The number of benzene rings is 2. The number of hydrogen-bond acceptors (Lipinski definition) is 6. The molecule has 0 saturated carbocycles. The lowest BCUT2D eigenvalue weighted by Gasteiger charge is -2.10. The van der Waals surface area contributed by atoms with Crippen LogP contribution in [-0.4, -0.2) is 28.7 Å². The molecule has 1 heterocycles. The Morgan fingerprint density at radius 2 is 1.83 bits per heavy atom. The highest BCUT2D eigenvalue weighted by Gasteiger charge is 2.17. The number of thioether (sulfide) groups is 1. The Bertz CT molecular complexity index is 986. The highest BCUT2D eigenvalue weighted by Crippen LogP contribution is 2.37. The number of amides is 2. The van der Waals surface area contributed by atoms with Crippen LogP contribution in [0.3, 0.4) is 0 Å². The van der Waals surface area contributed by atoms with E-state index in [2.05, 4.69) is 10.3 Å². The zero-order valence-electron chi connectivity index (χ0n) is 16.0. The van der Waals surface area contributed by atoms with Crippen LogP contribution in [0, 0.1) is 0 Å². The van der Waals surface area contributed by atoms with Gasteiger partial charge in [0.1, 0.15) is 16.4 Å². The molecule has 8 heteroatoms. The molecule has 3 N–H and O–H groups in total. The third-order valence-electron chi connectivity index (χ3n) is 3.71. The van der Waals surface area contributed by atoms with Crippen LogP contribution in [0.15, 0.2) is 58.9 Å². The molecular weight excluding hydrogens is 406 g/mol. The predicted octanol–water partition coefficient (Wildman–Crippen LogP) is 4.43. The zero-order chi connectivity index (χ0) is 20.8. The average molecular weight is 428 g/mol. The van der Waals surface area contributed by atoms with E-state index in [1.54, 1.807) is 24.3 Å². The quantitative estimate of drug-likeness (QED) is 0.519. The molecule has 3 rings (SSSR count). The van der Waals surface area contributed by atoms with Crippen LogP contribution in [0.4, 0.5) is 5.00 Å². The van der Waals surface area contributed by atoms with Gasteiger partial charge in [0.2, 0.25) is 5.91 Å². The van der Waals surface area contributed by atoms with Crippen molar-refractivity contribution in [3.63, 3.8) is 0 Å². The van der Waals surface area contributed by atoms with E-state index in [0.29, 0.717) is 26.3 Å². The Balaban J connectivity index is 1.82. The minimum Gasteiger partial charge on any atom is -0.491 e. The topological polar surface area (TPSA) is 94.3 Å². The molecule has 2 aromatic carbocycles. The second-order valence-corrected chi connectivity index (χ2v) is 8.65. The van der Waals surface area contributed by atoms with Crippen molar-refractivity contribution in [2.24, 2.45) is 5.73 Å². The number of aromatic nitrogens is 1. The molecule has 150 valence electrons. The van der Waals surface area contributed by atoms with Crippen molar-refractivity contribution in [1.29, 1.82) is 0 Å². The summed E-state index contributed by atoms with van der Waals surface area (Å²) >= 11 is 2.57. The van der Waals surface area contributed by atoms with Crippen molar-refractivity contribution in [3.8, 4) is 17.0 Å². The number of hydrogen-bond donors (Lipinski definition) is 2. The first-order chi connectivity index (χ1) is 13.9. The van der Waals surface area contributed by atoms with Crippen LogP contribution in [-0.2, 0) is 4.79 Å². The summed E-state index contributed by atoms with van der Waals surface area (Å²) in [6.07, 6.45) is 0.0663. The lowest BCUT2D eigenvalue weighted by Crippen LogP contribution is -2.12. The van der Waals surface area contributed by atoms with Crippen LogP contribution in [0.25, 0.3) is 11.3 Å². The fourth-order valence-electron chi connectivity index (χ4n) is 2.50. The number of anilines is 1. The van der Waals surface area contributed by atoms with Crippen LogP contribution >= 0.6 is 23.1 Å². The molecule has 0 spiro atoms. The lowest BCUT2D eigenvalue weighted by atomic mass is 10.1. The van der Waals surface area contributed by atoms with Gasteiger partial charge in [-0.1, -0.05) is 53.4 Å². The van der Waals surface area contributed by atoms with Gasteiger partial charge in [-0.25, -0.2) is 4.98 Å². The number of rotatable bonds is 8. The molecule has 0 bridgehead atoms. The summed E-state index contributed by atoms with van der Waals surface area (Å²) in [4.78, 5) is 28.4. The Morgan fingerprint density at radius 3 is 2.45 bits per heavy atom. The monoisotopic (exact) mass is 427 g/mol. The van der Waals surface area contributed by atoms with Gasteiger partial charge in [0.15, 0.2) is 4.34 Å². The molecule has 2 amide bonds. The van der Waals surface area contributed by atoms with Crippen LogP contribution in [0.5, 0.6) is 5.75 Å². The predicted molar refractivity (Wildman–Crippen MR) is 118 cm³/mol. The molecule has 1 aromatic heterocycles. The molecule has 0 unspecified atom stereocenters. The van der Waals surface area contributed by atoms with Gasteiger partial charge in [-0.3, -0.25) is 9.59 Å². The SMILES string of the molecule is CC(C)Oc1ccc(C(=O)Nc2sc(SCC(N)=O)nc2-c2ccccc2)cc1. The summed E-state index contributed by atoms with van der Waals surface area (Å²) in [6, 6.07) is 16.6. The number of nitrogens with zero attached hydrogens (tertiary/aromatic N) is 1. The van der Waals surface area contributed by atoms with Gasteiger partial charge in [-0.2, -0.15) is 0 Å². The van der Waals surface area contributed by atoms with E-state index in [1.165, 1.54) is 23.1 Å². The van der Waals surface area contributed by atoms with Crippen LogP contribution < -0.4 is 15.8 Å². The zero-order valence-corrected chi connectivity index (χ0v) is 17.7. The van der Waals surface area contributed by atoms with Crippen LogP contribution in [0.2, 0.25) is 0 Å². The fourth-order valence-corrected chi connectivity index (χ4v) is 4.30. The Morgan fingerprint density at radius 1 is 1.14 bits per heavy atom. The second kappa shape index (κ2) is 9.58. The normalized spacial score (nSPS) is 10.7. The third-order valence-corrected chi connectivity index (χ3v) is 5.84. The van der Waals surface area contributed by atoms with Gasteiger partial charge in [-0.15, -0.1) is 0 Å². The van der Waals surface area contributed by atoms with E-state index < -0.39 is 5.91 Å². The summed E-state index contributed by atoms with van der Waals surface area (Å²) < 4.78 is 6.28. The first-order valence-electron chi connectivity index (χ1n) is 8.98. The number of carbonyl (C=O) groups is 2. The van der Waals surface area contributed by atoms with Crippen molar-refractivity contribution in [2.45, 2.75) is 24.3 Å². The van der Waals surface area contributed by atoms with E-state index in [9.17, 15) is 9.59 Å². The van der Waals surface area contributed by atoms with E-state index in [-0.39, 0.29) is 17.8 Å². The molecule has 0 aliphatic carbocycles. The number of nitrogens with two attached hydrogens (primary N) is 1. The lowest BCUT2D eigenvalue weighted by molar-refractivity contribution is -0.115. The van der Waals surface area contributed by atoms with Gasteiger partial charge < -0.3 is 15.8 Å². The summed E-state index contributed by atoms with van der Waals surface area (Å²) in [7, 11) is 0. The minimum absolute atomic E-state index is 0.0663. The molecular formula is C21H21N3O3S2.